The summed E-state index contributed by atoms with van der Waals surface area (Å²) in [6.07, 6.45) is 7.63. The molecule has 1 saturated heterocycles. The molecule has 8 heteroatoms. The van der Waals surface area contributed by atoms with Crippen molar-refractivity contribution < 1.29 is 4.79 Å². The van der Waals surface area contributed by atoms with Crippen LogP contribution in [0.5, 0.6) is 0 Å². The number of thiophene rings is 1. The van der Waals surface area contributed by atoms with Gasteiger partial charge in [0.2, 0.25) is 0 Å². The molecule has 1 aliphatic heterocycles. The molecule has 0 spiro atoms. The van der Waals surface area contributed by atoms with Crippen molar-refractivity contribution in [2.45, 2.75) is 25.8 Å². The van der Waals surface area contributed by atoms with E-state index >= 15 is 0 Å². The van der Waals surface area contributed by atoms with Crippen molar-refractivity contribution in [3.05, 3.63) is 47.7 Å². The number of piperidine rings is 1. The molecule has 4 rings (SSSR count). The van der Waals surface area contributed by atoms with Gasteiger partial charge in [0.15, 0.2) is 0 Å². The van der Waals surface area contributed by atoms with Crippen molar-refractivity contribution in [2.75, 3.05) is 23.3 Å². The second-order valence-electron chi connectivity index (χ2n) is 7.07. The van der Waals surface area contributed by atoms with E-state index in [1.165, 1.54) is 4.88 Å². The molecule has 7 nitrogen and oxygen atoms in total. The van der Waals surface area contributed by atoms with Crippen LogP contribution in [-0.4, -0.2) is 39.9 Å². The molecule has 2 amide bonds. The molecule has 0 aliphatic carbocycles. The summed E-state index contributed by atoms with van der Waals surface area (Å²) in [4.78, 5) is 21.6. The lowest BCUT2D eigenvalue weighted by Crippen LogP contribution is -2.49. The van der Waals surface area contributed by atoms with Gasteiger partial charge in [-0.25, -0.2) is 4.79 Å². The van der Waals surface area contributed by atoms with E-state index in [9.17, 15) is 4.79 Å². The van der Waals surface area contributed by atoms with Crippen molar-refractivity contribution in [2.24, 2.45) is 7.05 Å². The fourth-order valence-corrected chi connectivity index (χ4v) is 4.39. The van der Waals surface area contributed by atoms with E-state index in [0.29, 0.717) is 0 Å². The highest BCUT2D eigenvalue weighted by Gasteiger charge is 2.23. The molecule has 4 heterocycles. The fraction of sp³-hybridized carbons (Fsp3) is 0.350. The first-order chi connectivity index (χ1) is 13.6. The number of anilines is 2. The maximum absolute atomic E-state index is 12.6. The zero-order valence-electron chi connectivity index (χ0n) is 16.1. The van der Waals surface area contributed by atoms with Crippen LogP contribution in [-0.2, 0) is 7.05 Å². The minimum absolute atomic E-state index is 0.0954. The number of amides is 2. The molecule has 1 atom stereocenters. The van der Waals surface area contributed by atoms with Crippen LogP contribution in [0.1, 0.15) is 17.7 Å². The average molecular weight is 397 g/mol. The third kappa shape index (κ3) is 4.17. The van der Waals surface area contributed by atoms with Gasteiger partial charge in [0.05, 0.1) is 22.4 Å². The normalized spacial score (nSPS) is 16.8. The van der Waals surface area contributed by atoms with E-state index in [0.717, 1.165) is 47.9 Å². The molecular formula is C20H24N6OS. The lowest BCUT2D eigenvalue weighted by atomic mass is 10.1. The van der Waals surface area contributed by atoms with Gasteiger partial charge in [-0.3, -0.25) is 9.67 Å². The van der Waals surface area contributed by atoms with Crippen molar-refractivity contribution >= 4 is 28.7 Å². The van der Waals surface area contributed by atoms with Crippen LogP contribution in [0.25, 0.3) is 10.6 Å². The van der Waals surface area contributed by atoms with Gasteiger partial charge in [0.1, 0.15) is 5.69 Å². The standard InChI is InChI=1S/C20H24N6OS/c1-14-7-8-18(28-14)19-17(6-3-9-21-19)24-20(27)23-15-5-4-10-26(12-15)16-11-22-25(2)13-16/h3,6-9,11,13,15H,4-5,10,12H2,1-2H3,(H2,23,24,27). The molecule has 1 unspecified atom stereocenters. The number of carbonyl (C=O) groups is 1. The summed E-state index contributed by atoms with van der Waals surface area (Å²) >= 11 is 1.67. The molecule has 28 heavy (non-hydrogen) atoms. The predicted octanol–water partition coefficient (Wildman–Crippen LogP) is 3.64. The number of urea groups is 1. The monoisotopic (exact) mass is 396 g/mol. The van der Waals surface area contributed by atoms with E-state index in [1.54, 1.807) is 22.2 Å². The van der Waals surface area contributed by atoms with E-state index < -0.39 is 0 Å². The van der Waals surface area contributed by atoms with Crippen LogP contribution in [0.4, 0.5) is 16.2 Å². The molecule has 0 aromatic carbocycles. The summed E-state index contributed by atoms with van der Waals surface area (Å²) < 4.78 is 1.80. The van der Waals surface area contributed by atoms with Crippen LogP contribution in [0.2, 0.25) is 0 Å². The SMILES string of the molecule is Cc1ccc(-c2ncccc2NC(=O)NC2CCCN(c3cnn(C)c3)C2)s1. The van der Waals surface area contributed by atoms with Crippen LogP contribution in [0.15, 0.2) is 42.9 Å². The third-order valence-corrected chi connectivity index (χ3v) is 5.85. The second kappa shape index (κ2) is 8.02. The van der Waals surface area contributed by atoms with Gasteiger partial charge in [0, 0.05) is 43.4 Å². The van der Waals surface area contributed by atoms with Gasteiger partial charge < -0.3 is 15.5 Å². The lowest BCUT2D eigenvalue weighted by molar-refractivity contribution is 0.246. The van der Waals surface area contributed by atoms with Gasteiger partial charge in [-0.1, -0.05) is 0 Å². The van der Waals surface area contributed by atoms with E-state index in [4.69, 9.17) is 0 Å². The Balaban J connectivity index is 1.41. The third-order valence-electron chi connectivity index (χ3n) is 4.84. The quantitative estimate of drug-likeness (QED) is 0.706. The number of nitrogens with one attached hydrogen (secondary N) is 2. The summed E-state index contributed by atoms with van der Waals surface area (Å²) in [5.74, 6) is 0. The molecule has 2 N–H and O–H groups in total. The molecule has 0 bridgehead atoms. The first kappa shape index (κ1) is 18.5. The minimum atomic E-state index is -0.194. The maximum Gasteiger partial charge on any atom is 0.319 e. The molecule has 3 aromatic rings. The molecule has 3 aromatic heterocycles. The number of hydrogen-bond donors (Lipinski definition) is 2. The first-order valence-corrected chi connectivity index (χ1v) is 10.2. The first-order valence-electron chi connectivity index (χ1n) is 9.41. The summed E-state index contributed by atoms with van der Waals surface area (Å²) in [5, 5.41) is 10.3. The van der Waals surface area contributed by atoms with Crippen LogP contribution < -0.4 is 15.5 Å². The summed E-state index contributed by atoms with van der Waals surface area (Å²) in [6, 6.07) is 7.73. The Labute approximate surface area is 168 Å². The second-order valence-corrected chi connectivity index (χ2v) is 8.35. The molecule has 0 saturated carbocycles. The van der Waals surface area contributed by atoms with Crippen molar-refractivity contribution in [1.82, 2.24) is 20.1 Å². The van der Waals surface area contributed by atoms with Gasteiger partial charge >= 0.3 is 6.03 Å². The Bertz CT molecular complexity index is 965. The smallest absolute Gasteiger partial charge is 0.319 e. The lowest BCUT2D eigenvalue weighted by Gasteiger charge is -2.33. The van der Waals surface area contributed by atoms with Crippen LogP contribution in [0.3, 0.4) is 0 Å². The van der Waals surface area contributed by atoms with E-state index in [-0.39, 0.29) is 12.1 Å². The average Bonchev–Trinajstić information content (AvgIpc) is 3.31. The molecule has 1 aliphatic rings. The highest BCUT2D eigenvalue weighted by atomic mass is 32.1. The zero-order valence-corrected chi connectivity index (χ0v) is 16.9. The Morgan fingerprint density at radius 3 is 2.96 bits per heavy atom. The van der Waals surface area contributed by atoms with Gasteiger partial charge in [0.25, 0.3) is 0 Å². The molecule has 0 radical (unpaired) electrons. The van der Waals surface area contributed by atoms with Gasteiger partial charge in [-0.15, -0.1) is 11.3 Å². The Hall–Kier alpha value is -2.87. The van der Waals surface area contributed by atoms with Gasteiger partial charge in [-0.05, 0) is 44.0 Å². The van der Waals surface area contributed by atoms with E-state index in [2.05, 4.69) is 38.6 Å². The zero-order chi connectivity index (χ0) is 19.5. The highest BCUT2D eigenvalue weighted by molar-refractivity contribution is 7.15. The number of aryl methyl sites for hydroxylation is 2. The summed E-state index contributed by atoms with van der Waals surface area (Å²) in [7, 11) is 1.91. The number of rotatable bonds is 4. The number of aromatic nitrogens is 3. The molecule has 146 valence electrons. The molecular weight excluding hydrogens is 372 g/mol. The minimum Gasteiger partial charge on any atom is -0.367 e. The molecule has 1 fully saturated rings. The summed E-state index contributed by atoms with van der Waals surface area (Å²) in [6.45, 7) is 3.83. The summed E-state index contributed by atoms with van der Waals surface area (Å²) in [5.41, 5.74) is 2.62. The number of hydrogen-bond acceptors (Lipinski definition) is 5. The number of pyridine rings is 1. The predicted molar refractivity (Wildman–Crippen MR) is 113 cm³/mol. The maximum atomic E-state index is 12.6. The van der Waals surface area contributed by atoms with Crippen molar-refractivity contribution in [1.29, 1.82) is 0 Å². The van der Waals surface area contributed by atoms with Gasteiger partial charge in [-0.2, -0.15) is 5.10 Å². The largest absolute Gasteiger partial charge is 0.367 e. The fourth-order valence-electron chi connectivity index (χ4n) is 3.51. The van der Waals surface area contributed by atoms with Crippen LogP contribution in [0, 0.1) is 6.92 Å². The Morgan fingerprint density at radius 1 is 1.32 bits per heavy atom. The van der Waals surface area contributed by atoms with Crippen molar-refractivity contribution in [3.63, 3.8) is 0 Å². The van der Waals surface area contributed by atoms with Crippen molar-refractivity contribution in [3.8, 4) is 10.6 Å². The Morgan fingerprint density at radius 2 is 2.21 bits per heavy atom. The Kier molecular flexibility index (Phi) is 5.29. The number of nitrogens with zero attached hydrogens (tertiary/aromatic N) is 4. The highest BCUT2D eigenvalue weighted by Crippen LogP contribution is 2.31. The topological polar surface area (TPSA) is 75.1 Å². The van der Waals surface area contributed by atoms with E-state index in [1.807, 2.05) is 37.6 Å². The van der Waals surface area contributed by atoms with Crippen LogP contribution >= 0.6 is 11.3 Å². The number of carbonyl (C=O) groups excluding carboxylic acids is 1.